The van der Waals surface area contributed by atoms with Gasteiger partial charge in [-0.05, 0) is 12.1 Å². The predicted molar refractivity (Wildman–Crippen MR) is 42.9 cm³/mol. The Morgan fingerprint density at radius 3 is 2.25 bits per heavy atom. The maximum Gasteiger partial charge on any atom is 0.356 e. The lowest BCUT2D eigenvalue weighted by atomic mass is 10.1. The molecular weight excluding hydrogens is 235 g/mol. The highest BCUT2D eigenvalue weighted by Gasteiger charge is 2.37. The third kappa shape index (κ3) is 2.20. The summed E-state index contributed by atoms with van der Waals surface area (Å²) in [7, 11) is 0. The third-order valence-corrected chi connectivity index (χ3v) is 1.65. The number of nitrogens with one attached hydrogen (secondary N) is 1. The van der Waals surface area contributed by atoms with Crippen LogP contribution >= 0.6 is 0 Å². The molecule has 1 rings (SSSR count). The number of rotatable bonds is 2. The summed E-state index contributed by atoms with van der Waals surface area (Å²) in [6.45, 7) is 0. The van der Waals surface area contributed by atoms with Gasteiger partial charge in [-0.1, -0.05) is 0 Å². The van der Waals surface area contributed by atoms with E-state index in [1.807, 2.05) is 0 Å². The fraction of sp³-hybridized carbons (Fsp3) is 0.125. The summed E-state index contributed by atoms with van der Waals surface area (Å²) in [6, 6.07) is -5.23. The molecular formula is C8H5F5N2O. The zero-order chi connectivity index (χ0) is 12.5. The van der Waals surface area contributed by atoms with E-state index in [9.17, 15) is 26.7 Å². The fourth-order valence-electron chi connectivity index (χ4n) is 0.990. The molecule has 0 spiro atoms. The Kier molecular flexibility index (Phi) is 3.02. The first-order valence-corrected chi connectivity index (χ1v) is 3.85. The van der Waals surface area contributed by atoms with E-state index >= 15 is 0 Å². The van der Waals surface area contributed by atoms with Gasteiger partial charge in [-0.15, -0.1) is 0 Å². The second-order valence-corrected chi connectivity index (χ2v) is 2.79. The number of hydrogen-bond donors (Lipinski definition) is 2. The number of amides is 2. The molecule has 0 aliphatic heterocycles. The van der Waals surface area contributed by atoms with Crippen molar-refractivity contribution in [1.29, 1.82) is 0 Å². The lowest BCUT2D eigenvalue weighted by Gasteiger charge is -2.17. The summed E-state index contributed by atoms with van der Waals surface area (Å²) in [6.07, 6.45) is 0. The molecule has 8 heteroatoms. The number of halogens is 5. The van der Waals surface area contributed by atoms with Crippen LogP contribution in [-0.2, 0) is 6.05 Å². The van der Waals surface area contributed by atoms with Gasteiger partial charge in [0, 0.05) is 0 Å². The van der Waals surface area contributed by atoms with E-state index in [2.05, 4.69) is 5.73 Å². The van der Waals surface area contributed by atoms with Crippen LogP contribution in [-0.4, -0.2) is 6.03 Å². The van der Waals surface area contributed by atoms with E-state index in [4.69, 9.17) is 0 Å². The van der Waals surface area contributed by atoms with Crippen molar-refractivity contribution in [2.75, 3.05) is 0 Å². The Hall–Kier alpha value is -1.86. The number of carbonyl (C=O) groups excluding carboxylic acids is 1. The Balaban J connectivity index is 3.23. The van der Waals surface area contributed by atoms with E-state index in [1.54, 1.807) is 0 Å². The van der Waals surface area contributed by atoms with Crippen molar-refractivity contribution in [3.8, 4) is 0 Å². The fourth-order valence-corrected chi connectivity index (χ4v) is 0.990. The second kappa shape index (κ2) is 3.95. The lowest BCUT2D eigenvalue weighted by Crippen LogP contribution is -2.42. The number of alkyl halides is 2. The van der Waals surface area contributed by atoms with E-state index < -0.39 is 35.1 Å². The predicted octanol–water partition coefficient (Wildman–Crippen LogP) is 1.82. The molecule has 0 atom stereocenters. The van der Waals surface area contributed by atoms with Gasteiger partial charge in [0.15, 0.2) is 17.5 Å². The molecule has 0 saturated carbocycles. The Morgan fingerprint density at radius 2 is 1.75 bits per heavy atom. The minimum atomic E-state index is -4.22. The SMILES string of the molecule is NC(=O)NC(F)(F)c1ccc(F)c(F)c1F. The number of hydrogen-bond acceptors (Lipinski definition) is 1. The number of nitrogens with two attached hydrogens (primary N) is 1. The average molecular weight is 240 g/mol. The summed E-state index contributed by atoms with van der Waals surface area (Å²) in [5.74, 6) is -5.75. The highest BCUT2D eigenvalue weighted by molar-refractivity contribution is 5.72. The average Bonchev–Trinajstić information content (AvgIpc) is 2.11. The largest absolute Gasteiger partial charge is 0.356 e. The van der Waals surface area contributed by atoms with Gasteiger partial charge in [-0.25, -0.2) is 18.0 Å². The van der Waals surface area contributed by atoms with Gasteiger partial charge < -0.3 is 5.73 Å². The van der Waals surface area contributed by atoms with Gasteiger partial charge in [-0.2, -0.15) is 8.78 Å². The van der Waals surface area contributed by atoms with Crippen molar-refractivity contribution in [2.45, 2.75) is 6.05 Å². The van der Waals surface area contributed by atoms with E-state index in [0.29, 0.717) is 12.1 Å². The Labute approximate surface area is 86.0 Å². The molecule has 0 fully saturated rings. The van der Waals surface area contributed by atoms with Crippen molar-refractivity contribution < 1.29 is 26.7 Å². The van der Waals surface area contributed by atoms with Crippen LogP contribution in [0.25, 0.3) is 0 Å². The Bertz CT molecular complexity index is 435. The summed E-state index contributed by atoms with van der Waals surface area (Å²) in [4.78, 5) is 10.2. The third-order valence-electron chi connectivity index (χ3n) is 1.65. The van der Waals surface area contributed by atoms with Crippen molar-refractivity contribution in [2.24, 2.45) is 5.73 Å². The minimum absolute atomic E-state index is 0.309. The summed E-state index contributed by atoms with van der Waals surface area (Å²) in [5.41, 5.74) is 2.90. The highest BCUT2D eigenvalue weighted by Crippen LogP contribution is 2.29. The zero-order valence-electron chi connectivity index (χ0n) is 7.53. The first kappa shape index (κ1) is 12.2. The number of carbonyl (C=O) groups is 1. The molecule has 1 aromatic rings. The minimum Gasteiger partial charge on any atom is -0.352 e. The normalized spacial score (nSPS) is 11.3. The molecule has 88 valence electrons. The molecule has 0 radical (unpaired) electrons. The van der Waals surface area contributed by atoms with Gasteiger partial charge in [0.1, 0.15) is 0 Å². The smallest absolute Gasteiger partial charge is 0.352 e. The molecule has 0 aliphatic rings. The molecule has 0 unspecified atom stereocenters. The Morgan fingerprint density at radius 1 is 1.19 bits per heavy atom. The van der Waals surface area contributed by atoms with Crippen LogP contribution in [0.4, 0.5) is 26.7 Å². The quantitative estimate of drug-likeness (QED) is 0.462. The van der Waals surface area contributed by atoms with Gasteiger partial charge >= 0.3 is 12.1 Å². The standard InChI is InChI=1S/C8H5F5N2O/c9-4-2-1-3(5(10)6(4)11)8(12,13)15-7(14)16/h1-2H,(H3,14,15,16). The van der Waals surface area contributed by atoms with Crippen LogP contribution in [0.5, 0.6) is 0 Å². The summed E-state index contributed by atoms with van der Waals surface area (Å²) >= 11 is 0. The van der Waals surface area contributed by atoms with Crippen LogP contribution in [0, 0.1) is 17.5 Å². The highest BCUT2D eigenvalue weighted by atomic mass is 19.3. The van der Waals surface area contributed by atoms with Gasteiger partial charge in [0.25, 0.3) is 0 Å². The molecule has 0 bridgehead atoms. The van der Waals surface area contributed by atoms with Gasteiger partial charge in [-0.3, -0.25) is 5.32 Å². The summed E-state index contributed by atoms with van der Waals surface area (Å²) < 4.78 is 64.1. The van der Waals surface area contributed by atoms with Crippen LogP contribution in [0.15, 0.2) is 12.1 Å². The molecule has 0 aromatic heterocycles. The maximum atomic E-state index is 13.0. The van der Waals surface area contributed by atoms with Crippen LogP contribution in [0.1, 0.15) is 5.56 Å². The number of benzene rings is 1. The molecule has 1 aromatic carbocycles. The molecule has 3 N–H and O–H groups in total. The zero-order valence-corrected chi connectivity index (χ0v) is 7.53. The van der Waals surface area contributed by atoms with Crippen molar-refractivity contribution in [3.05, 3.63) is 35.1 Å². The van der Waals surface area contributed by atoms with Crippen LogP contribution in [0.3, 0.4) is 0 Å². The second-order valence-electron chi connectivity index (χ2n) is 2.79. The molecule has 3 nitrogen and oxygen atoms in total. The molecule has 2 amide bonds. The van der Waals surface area contributed by atoms with Crippen molar-refractivity contribution in [3.63, 3.8) is 0 Å². The first-order chi connectivity index (χ1) is 7.25. The monoisotopic (exact) mass is 240 g/mol. The lowest BCUT2D eigenvalue weighted by molar-refractivity contribution is -0.0308. The summed E-state index contributed by atoms with van der Waals surface area (Å²) in [5, 5.41) is 0.899. The van der Waals surface area contributed by atoms with E-state index in [0.717, 1.165) is 5.32 Å². The number of primary amides is 1. The van der Waals surface area contributed by atoms with Crippen LogP contribution < -0.4 is 11.1 Å². The van der Waals surface area contributed by atoms with Gasteiger partial charge in [0.2, 0.25) is 0 Å². The van der Waals surface area contributed by atoms with Crippen LogP contribution in [0.2, 0.25) is 0 Å². The number of urea groups is 1. The van der Waals surface area contributed by atoms with E-state index in [1.165, 1.54) is 0 Å². The maximum absolute atomic E-state index is 13.0. The topological polar surface area (TPSA) is 55.1 Å². The van der Waals surface area contributed by atoms with Crippen molar-refractivity contribution >= 4 is 6.03 Å². The molecule has 0 aliphatic carbocycles. The van der Waals surface area contributed by atoms with Crippen molar-refractivity contribution in [1.82, 2.24) is 5.32 Å². The van der Waals surface area contributed by atoms with E-state index in [-0.39, 0.29) is 0 Å². The molecule has 0 saturated heterocycles. The molecule has 0 heterocycles. The first-order valence-electron chi connectivity index (χ1n) is 3.85. The van der Waals surface area contributed by atoms with Gasteiger partial charge in [0.05, 0.1) is 5.56 Å². The molecule has 16 heavy (non-hydrogen) atoms.